The summed E-state index contributed by atoms with van der Waals surface area (Å²) in [7, 11) is 1.31. The minimum atomic E-state index is -0.546. The lowest BCUT2D eigenvalue weighted by Gasteiger charge is -1.97. The Morgan fingerprint density at radius 1 is 1.33 bits per heavy atom. The van der Waals surface area contributed by atoms with Gasteiger partial charge in [-0.1, -0.05) is 13.2 Å². The lowest BCUT2D eigenvalue weighted by atomic mass is 10.4. The van der Waals surface area contributed by atoms with Crippen LogP contribution in [0.1, 0.15) is 6.92 Å². The lowest BCUT2D eigenvalue weighted by Crippen LogP contribution is -2.00. The summed E-state index contributed by atoms with van der Waals surface area (Å²) in [5.74, 6) is -0.940. The molecule has 0 radical (unpaired) electrons. The molecular weight excluding hydrogens is 220 g/mol. The summed E-state index contributed by atoms with van der Waals surface area (Å²) >= 11 is 5.14. The first-order valence-corrected chi connectivity index (χ1v) is 4.15. The molecule has 0 saturated carbocycles. The Bertz CT molecular complexity index is 281. The van der Waals surface area contributed by atoms with Crippen LogP contribution in [0.15, 0.2) is 36.6 Å². The molecule has 15 heavy (non-hydrogen) atoms. The smallest absolute Gasteiger partial charge is 0.339 e. The Hall–Kier alpha value is -1.55. The van der Waals surface area contributed by atoms with E-state index >= 15 is 0 Å². The van der Waals surface area contributed by atoms with Gasteiger partial charge in [0.05, 0.1) is 7.11 Å². The summed E-state index contributed by atoms with van der Waals surface area (Å²) in [5.41, 5.74) is 0.303. The van der Waals surface area contributed by atoms with E-state index in [0.29, 0.717) is 5.57 Å². The fourth-order valence-corrected chi connectivity index (χ4v) is 0.341. The lowest BCUT2D eigenvalue weighted by molar-refractivity contribution is -0.135. The number of halogens is 1. The quantitative estimate of drug-likeness (QED) is 0.425. The predicted molar refractivity (Wildman–Crippen MR) is 58.1 cm³/mol. The summed E-state index contributed by atoms with van der Waals surface area (Å²) in [4.78, 5) is 20.3. The van der Waals surface area contributed by atoms with E-state index in [0.717, 1.165) is 6.08 Å². The highest BCUT2D eigenvalue weighted by Gasteiger charge is 2.02. The summed E-state index contributed by atoms with van der Waals surface area (Å²) in [6, 6.07) is 0. The minimum Gasteiger partial charge on any atom is -0.466 e. The topological polar surface area (TPSA) is 52.6 Å². The van der Waals surface area contributed by atoms with Gasteiger partial charge in [0.25, 0.3) is 0 Å². The Labute approximate surface area is 93.8 Å². The fourth-order valence-electron chi connectivity index (χ4n) is 0.271. The van der Waals surface area contributed by atoms with Crippen LogP contribution in [-0.4, -0.2) is 19.0 Å². The van der Waals surface area contributed by atoms with Crippen molar-refractivity contribution in [1.29, 1.82) is 0 Å². The van der Waals surface area contributed by atoms with Crippen molar-refractivity contribution < 1.29 is 19.1 Å². The van der Waals surface area contributed by atoms with Crippen molar-refractivity contribution in [3.05, 3.63) is 36.6 Å². The molecule has 0 atom stereocenters. The third kappa shape index (κ3) is 12.4. The zero-order chi connectivity index (χ0) is 12.4. The zero-order valence-electron chi connectivity index (χ0n) is 8.71. The Morgan fingerprint density at radius 3 is 1.87 bits per heavy atom. The molecule has 0 fully saturated rings. The van der Waals surface area contributed by atoms with E-state index in [2.05, 4.69) is 29.2 Å². The van der Waals surface area contributed by atoms with E-state index < -0.39 is 11.9 Å². The van der Waals surface area contributed by atoms with Gasteiger partial charge in [0.1, 0.15) is 0 Å². The molecule has 84 valence electrons. The van der Waals surface area contributed by atoms with E-state index in [1.807, 2.05) is 0 Å². The molecule has 0 unspecified atom stereocenters. The molecule has 0 amide bonds. The maximum Gasteiger partial charge on any atom is 0.339 e. The second kappa shape index (κ2) is 9.02. The number of methoxy groups -OCH3 is 1. The Balaban J connectivity index is 0. The highest BCUT2D eigenvalue weighted by Crippen LogP contribution is 2.02. The van der Waals surface area contributed by atoms with Crippen LogP contribution in [0.5, 0.6) is 0 Å². The van der Waals surface area contributed by atoms with Gasteiger partial charge in [0, 0.05) is 11.6 Å². The number of hydrogen-bond donors (Lipinski definition) is 0. The number of carbonyl (C=O) groups excluding carboxylic acids is 2. The molecule has 0 aromatic rings. The van der Waals surface area contributed by atoms with E-state index in [9.17, 15) is 9.59 Å². The van der Waals surface area contributed by atoms with Crippen LogP contribution in [0.4, 0.5) is 0 Å². The van der Waals surface area contributed by atoms with Crippen molar-refractivity contribution in [3.8, 4) is 0 Å². The number of rotatable bonds is 3. The standard InChI is InChI=1S/C6H7ClO2.C4H6O2/c1-4(2)6(8)9-5(3)7;1-3-4(5)6-2/h1,3H2,2H3;3H,1H2,2H3. The largest absolute Gasteiger partial charge is 0.466 e. The zero-order valence-corrected chi connectivity index (χ0v) is 9.47. The molecule has 0 aromatic heterocycles. The summed E-state index contributed by atoms with van der Waals surface area (Å²) in [6.45, 7) is 11.2. The second-order valence-electron chi connectivity index (χ2n) is 2.25. The average molecular weight is 233 g/mol. The van der Waals surface area contributed by atoms with E-state index in [1.165, 1.54) is 14.0 Å². The molecule has 0 spiro atoms. The highest BCUT2D eigenvalue weighted by atomic mass is 35.5. The highest BCUT2D eigenvalue weighted by molar-refractivity contribution is 6.28. The normalized spacial score (nSPS) is 7.67. The molecule has 0 saturated heterocycles. The van der Waals surface area contributed by atoms with Gasteiger partial charge < -0.3 is 9.47 Å². The maximum absolute atomic E-state index is 10.5. The van der Waals surface area contributed by atoms with Gasteiger partial charge in [-0.15, -0.1) is 0 Å². The summed E-state index contributed by atoms with van der Waals surface area (Å²) in [5, 5.41) is -0.136. The Kier molecular flexibility index (Phi) is 9.57. The van der Waals surface area contributed by atoms with Crippen molar-refractivity contribution in [1.82, 2.24) is 0 Å². The summed E-state index contributed by atoms with van der Waals surface area (Å²) < 4.78 is 8.49. The third-order valence-corrected chi connectivity index (χ3v) is 0.997. The van der Waals surface area contributed by atoms with Crippen molar-refractivity contribution in [2.24, 2.45) is 0 Å². The van der Waals surface area contributed by atoms with E-state index in [-0.39, 0.29) is 5.22 Å². The number of carbonyl (C=O) groups is 2. The van der Waals surface area contributed by atoms with Gasteiger partial charge in [-0.05, 0) is 25.1 Å². The van der Waals surface area contributed by atoms with Gasteiger partial charge in [-0.25, -0.2) is 9.59 Å². The average Bonchev–Trinajstić information content (AvgIpc) is 2.16. The van der Waals surface area contributed by atoms with Crippen LogP contribution in [-0.2, 0) is 19.1 Å². The number of esters is 2. The number of ether oxygens (including phenoxy) is 2. The van der Waals surface area contributed by atoms with Gasteiger partial charge in [0.15, 0.2) is 5.22 Å². The molecule has 5 heteroatoms. The van der Waals surface area contributed by atoms with Gasteiger partial charge in [-0.3, -0.25) is 0 Å². The van der Waals surface area contributed by atoms with Crippen LogP contribution in [0.3, 0.4) is 0 Å². The molecular formula is C10H13ClO4. The SMILES string of the molecule is C=C(Cl)OC(=O)C(=C)C.C=CC(=O)OC. The van der Waals surface area contributed by atoms with Crippen LogP contribution < -0.4 is 0 Å². The van der Waals surface area contributed by atoms with E-state index in [4.69, 9.17) is 11.6 Å². The molecule has 0 aliphatic rings. The first kappa shape index (κ1) is 15.9. The van der Waals surface area contributed by atoms with Crippen LogP contribution >= 0.6 is 11.6 Å². The summed E-state index contributed by atoms with van der Waals surface area (Å²) in [6.07, 6.45) is 1.11. The van der Waals surface area contributed by atoms with Crippen molar-refractivity contribution in [2.75, 3.05) is 7.11 Å². The van der Waals surface area contributed by atoms with Crippen LogP contribution in [0, 0.1) is 0 Å². The van der Waals surface area contributed by atoms with Gasteiger partial charge in [-0.2, -0.15) is 0 Å². The molecule has 0 rings (SSSR count). The van der Waals surface area contributed by atoms with Crippen LogP contribution in [0.25, 0.3) is 0 Å². The number of hydrogen-bond acceptors (Lipinski definition) is 4. The maximum atomic E-state index is 10.5. The van der Waals surface area contributed by atoms with Crippen molar-refractivity contribution >= 4 is 23.5 Å². The van der Waals surface area contributed by atoms with Crippen molar-refractivity contribution in [3.63, 3.8) is 0 Å². The molecule has 0 aliphatic carbocycles. The van der Waals surface area contributed by atoms with Crippen molar-refractivity contribution in [2.45, 2.75) is 6.92 Å². The fraction of sp³-hybridized carbons (Fsp3) is 0.200. The third-order valence-electron chi connectivity index (χ3n) is 0.920. The minimum absolute atomic E-state index is 0.136. The van der Waals surface area contributed by atoms with Gasteiger partial charge in [0.2, 0.25) is 0 Å². The molecule has 4 nitrogen and oxygen atoms in total. The first-order chi connectivity index (χ1) is 6.84. The molecule has 0 aromatic carbocycles. The monoisotopic (exact) mass is 232 g/mol. The molecule has 0 bridgehead atoms. The van der Waals surface area contributed by atoms with Crippen LogP contribution in [0.2, 0.25) is 0 Å². The second-order valence-corrected chi connectivity index (χ2v) is 2.67. The molecule has 0 N–H and O–H groups in total. The predicted octanol–water partition coefficient (Wildman–Crippen LogP) is 2.16. The van der Waals surface area contributed by atoms with E-state index in [1.54, 1.807) is 0 Å². The Morgan fingerprint density at radius 2 is 1.80 bits per heavy atom. The van der Waals surface area contributed by atoms with Gasteiger partial charge >= 0.3 is 11.9 Å². The molecule has 0 heterocycles. The first-order valence-electron chi connectivity index (χ1n) is 3.77. The molecule has 0 aliphatic heterocycles.